The zero-order chi connectivity index (χ0) is 7.78. The maximum absolute atomic E-state index is 10.3. The molecule has 1 aliphatic heterocycles. The Labute approximate surface area is 60.3 Å². The molecule has 1 aliphatic rings. The molecule has 0 aromatic heterocycles. The Hall–Kier alpha value is -0.410. The summed E-state index contributed by atoms with van der Waals surface area (Å²) in [6.45, 7) is 5.42. The first-order valence-corrected chi connectivity index (χ1v) is 3.36. The molecule has 1 saturated heterocycles. The minimum Gasteiger partial charge on any atom is -0.344 e. The molecule has 58 valence electrons. The van der Waals surface area contributed by atoms with Crippen molar-refractivity contribution in [3.8, 4) is 0 Å². The van der Waals surface area contributed by atoms with Crippen LogP contribution >= 0.6 is 0 Å². The molecule has 1 unspecified atom stereocenters. The Kier molecular flexibility index (Phi) is 1.79. The summed E-state index contributed by atoms with van der Waals surface area (Å²) in [4.78, 5) is 10.3. The van der Waals surface area contributed by atoms with E-state index < -0.39 is 11.9 Å². The quantitative estimate of drug-likeness (QED) is 0.509. The van der Waals surface area contributed by atoms with Crippen molar-refractivity contribution in [1.82, 2.24) is 0 Å². The fraction of sp³-hybridized carbons (Fsp3) is 0.857. The molecule has 0 saturated carbocycles. The molecule has 0 spiro atoms. The second kappa shape index (κ2) is 2.32. The minimum absolute atomic E-state index is 0.118. The van der Waals surface area contributed by atoms with E-state index in [1.807, 2.05) is 6.92 Å². The molecule has 0 aromatic carbocycles. The Bertz CT molecular complexity index is 142. The van der Waals surface area contributed by atoms with E-state index in [0.717, 1.165) is 6.29 Å². The van der Waals surface area contributed by atoms with Gasteiger partial charge in [0.05, 0.1) is 6.10 Å². The molecule has 1 fully saturated rings. The highest BCUT2D eigenvalue weighted by Crippen LogP contribution is 2.26. The van der Waals surface area contributed by atoms with Gasteiger partial charge in [-0.05, 0) is 20.8 Å². The smallest absolute Gasteiger partial charge is 0.164 e. The summed E-state index contributed by atoms with van der Waals surface area (Å²) in [7, 11) is 0. The van der Waals surface area contributed by atoms with Gasteiger partial charge in [-0.1, -0.05) is 0 Å². The number of aldehydes is 1. The van der Waals surface area contributed by atoms with Crippen LogP contribution in [0.2, 0.25) is 0 Å². The molecule has 0 amide bonds. The van der Waals surface area contributed by atoms with Crippen molar-refractivity contribution in [3.63, 3.8) is 0 Å². The van der Waals surface area contributed by atoms with Crippen molar-refractivity contribution in [1.29, 1.82) is 0 Å². The molecular weight excluding hydrogens is 132 g/mol. The first kappa shape index (κ1) is 7.69. The molecule has 0 radical (unpaired) electrons. The van der Waals surface area contributed by atoms with Crippen LogP contribution < -0.4 is 0 Å². The van der Waals surface area contributed by atoms with Crippen LogP contribution in [0.4, 0.5) is 0 Å². The van der Waals surface area contributed by atoms with Crippen LogP contribution in [-0.4, -0.2) is 24.3 Å². The van der Waals surface area contributed by atoms with Gasteiger partial charge in [0.2, 0.25) is 0 Å². The van der Waals surface area contributed by atoms with Gasteiger partial charge in [-0.25, -0.2) is 0 Å². The van der Waals surface area contributed by atoms with Crippen molar-refractivity contribution in [3.05, 3.63) is 0 Å². The van der Waals surface area contributed by atoms with Crippen LogP contribution in [-0.2, 0) is 14.3 Å². The van der Waals surface area contributed by atoms with Gasteiger partial charge in [0.25, 0.3) is 0 Å². The summed E-state index contributed by atoms with van der Waals surface area (Å²) in [6, 6.07) is 0. The predicted octanol–water partition coefficient (Wildman–Crippen LogP) is 0.725. The van der Waals surface area contributed by atoms with Gasteiger partial charge in [0, 0.05) is 0 Å². The first-order chi connectivity index (χ1) is 4.55. The lowest BCUT2D eigenvalue weighted by Gasteiger charge is -2.15. The Morgan fingerprint density at radius 3 is 2.20 bits per heavy atom. The lowest BCUT2D eigenvalue weighted by Crippen LogP contribution is -2.22. The Morgan fingerprint density at radius 1 is 1.40 bits per heavy atom. The van der Waals surface area contributed by atoms with E-state index in [4.69, 9.17) is 9.47 Å². The van der Waals surface area contributed by atoms with Gasteiger partial charge in [0.1, 0.15) is 6.10 Å². The molecule has 0 bridgehead atoms. The predicted molar refractivity (Wildman–Crippen MR) is 35.6 cm³/mol. The average Bonchev–Trinajstić information content (AvgIpc) is 2.05. The maximum Gasteiger partial charge on any atom is 0.164 e. The van der Waals surface area contributed by atoms with E-state index in [1.54, 1.807) is 13.8 Å². The number of carbonyl (C=O) groups excluding carboxylic acids is 1. The number of hydrogen-bond donors (Lipinski definition) is 0. The first-order valence-electron chi connectivity index (χ1n) is 3.36. The summed E-state index contributed by atoms with van der Waals surface area (Å²) >= 11 is 0. The zero-order valence-corrected chi connectivity index (χ0v) is 6.46. The van der Waals surface area contributed by atoms with Crippen molar-refractivity contribution >= 4 is 6.29 Å². The highest BCUT2D eigenvalue weighted by Gasteiger charge is 2.38. The molecule has 0 aliphatic carbocycles. The lowest BCUT2D eigenvalue weighted by atomic mass is 10.3. The Morgan fingerprint density at radius 2 is 2.00 bits per heavy atom. The van der Waals surface area contributed by atoms with Crippen LogP contribution in [0.25, 0.3) is 0 Å². The normalized spacial score (nSPS) is 37.9. The van der Waals surface area contributed by atoms with E-state index in [1.165, 1.54) is 0 Å². The van der Waals surface area contributed by atoms with E-state index in [-0.39, 0.29) is 6.10 Å². The van der Waals surface area contributed by atoms with Crippen LogP contribution in [0.3, 0.4) is 0 Å². The molecule has 2 atom stereocenters. The highest BCUT2D eigenvalue weighted by atomic mass is 16.8. The molecule has 0 N–H and O–H groups in total. The van der Waals surface area contributed by atoms with Crippen LogP contribution in [0, 0.1) is 0 Å². The second-order valence-corrected chi connectivity index (χ2v) is 2.94. The van der Waals surface area contributed by atoms with E-state index >= 15 is 0 Å². The van der Waals surface area contributed by atoms with Crippen LogP contribution in [0.5, 0.6) is 0 Å². The number of rotatable bonds is 1. The van der Waals surface area contributed by atoms with Crippen molar-refractivity contribution in [2.75, 3.05) is 0 Å². The molecule has 0 aromatic rings. The molecule has 10 heavy (non-hydrogen) atoms. The molecule has 1 heterocycles. The fourth-order valence-corrected chi connectivity index (χ4v) is 1.10. The van der Waals surface area contributed by atoms with E-state index in [0.29, 0.717) is 0 Å². The van der Waals surface area contributed by atoms with Gasteiger partial charge in [-0.3, -0.25) is 0 Å². The third kappa shape index (κ3) is 1.36. The number of hydrogen-bond acceptors (Lipinski definition) is 3. The molecular formula is C7H12O3. The average molecular weight is 144 g/mol. The van der Waals surface area contributed by atoms with Crippen LogP contribution in [0.1, 0.15) is 20.8 Å². The third-order valence-electron chi connectivity index (χ3n) is 1.49. The van der Waals surface area contributed by atoms with E-state index in [2.05, 4.69) is 0 Å². The maximum atomic E-state index is 10.3. The third-order valence-corrected chi connectivity index (χ3v) is 1.49. The summed E-state index contributed by atoms with van der Waals surface area (Å²) in [5.74, 6) is -0.592. The highest BCUT2D eigenvalue weighted by molar-refractivity contribution is 5.57. The minimum atomic E-state index is -0.592. The number of carbonyl (C=O) groups is 1. The Balaban J connectivity index is 2.60. The molecule has 3 nitrogen and oxygen atoms in total. The molecule has 3 heteroatoms. The zero-order valence-electron chi connectivity index (χ0n) is 6.46. The SMILES string of the molecule is C[C@@H]1OC(C)(C)OC1C=O. The van der Waals surface area contributed by atoms with Crippen molar-refractivity contribution < 1.29 is 14.3 Å². The summed E-state index contributed by atoms with van der Waals surface area (Å²) in [5.41, 5.74) is 0. The summed E-state index contributed by atoms with van der Waals surface area (Å²) < 4.78 is 10.5. The van der Waals surface area contributed by atoms with Crippen LogP contribution in [0.15, 0.2) is 0 Å². The summed E-state index contributed by atoms with van der Waals surface area (Å²) in [6.07, 6.45) is 0.266. The van der Waals surface area contributed by atoms with Gasteiger partial charge in [0.15, 0.2) is 12.1 Å². The van der Waals surface area contributed by atoms with Gasteiger partial charge in [-0.2, -0.15) is 0 Å². The lowest BCUT2D eigenvalue weighted by molar-refractivity contribution is -0.149. The summed E-state index contributed by atoms with van der Waals surface area (Å²) in [5, 5.41) is 0. The topological polar surface area (TPSA) is 35.5 Å². The van der Waals surface area contributed by atoms with Crippen molar-refractivity contribution in [2.24, 2.45) is 0 Å². The monoisotopic (exact) mass is 144 g/mol. The number of ether oxygens (including phenoxy) is 2. The van der Waals surface area contributed by atoms with Gasteiger partial charge >= 0.3 is 0 Å². The standard InChI is InChI=1S/C7H12O3/c1-5-6(4-8)10-7(2,3)9-5/h4-6H,1-3H3/t5-,6?/m0/s1. The van der Waals surface area contributed by atoms with Crippen molar-refractivity contribution in [2.45, 2.75) is 38.8 Å². The van der Waals surface area contributed by atoms with E-state index in [9.17, 15) is 4.79 Å². The largest absolute Gasteiger partial charge is 0.344 e. The molecule has 1 rings (SSSR count). The fourth-order valence-electron chi connectivity index (χ4n) is 1.10. The second-order valence-electron chi connectivity index (χ2n) is 2.94. The van der Waals surface area contributed by atoms with Gasteiger partial charge < -0.3 is 14.3 Å². The van der Waals surface area contributed by atoms with Gasteiger partial charge in [-0.15, -0.1) is 0 Å².